The maximum absolute atomic E-state index is 14.5. The topological polar surface area (TPSA) is 177 Å². The Morgan fingerprint density at radius 1 is 0.913 bits per heavy atom. The second-order valence-corrected chi connectivity index (χ2v) is 17.7. The third kappa shape index (κ3) is 4.39. The second kappa shape index (κ2) is 10.9. The van der Waals surface area contributed by atoms with E-state index >= 15 is 0 Å². The summed E-state index contributed by atoms with van der Waals surface area (Å²) in [6.45, 7) is 14.4. The number of hydrogen-bond donors (Lipinski definition) is 7. The van der Waals surface area contributed by atoms with Gasteiger partial charge in [0.05, 0.1) is 29.8 Å². The van der Waals surface area contributed by atoms with Gasteiger partial charge in [0.25, 0.3) is 0 Å². The Morgan fingerprint density at radius 2 is 1.59 bits per heavy atom. The van der Waals surface area contributed by atoms with E-state index in [2.05, 4.69) is 40.7 Å². The summed E-state index contributed by atoms with van der Waals surface area (Å²) in [5, 5.41) is 75.6. The minimum atomic E-state index is -1.70. The van der Waals surface area contributed by atoms with E-state index in [-0.39, 0.29) is 34.0 Å². The Bertz CT molecular complexity index is 1250. The lowest BCUT2D eigenvalue weighted by Gasteiger charge is -2.72. The highest BCUT2D eigenvalue weighted by atomic mass is 16.7. The molecule has 0 aromatic rings. The van der Waals surface area contributed by atoms with Gasteiger partial charge in [-0.3, -0.25) is 4.79 Å². The molecule has 5 fully saturated rings. The summed E-state index contributed by atoms with van der Waals surface area (Å²) in [6, 6.07) is 0. The highest BCUT2D eigenvalue weighted by Crippen LogP contribution is 2.76. The molecule has 0 unspecified atom stereocenters. The van der Waals surface area contributed by atoms with E-state index in [4.69, 9.17) is 9.47 Å². The third-order valence-electron chi connectivity index (χ3n) is 15.5. The molecule has 7 N–H and O–H groups in total. The van der Waals surface area contributed by atoms with Crippen LogP contribution in [-0.4, -0.2) is 96.8 Å². The van der Waals surface area contributed by atoms with E-state index in [9.17, 15) is 40.5 Å². The number of rotatable bonds is 3. The van der Waals surface area contributed by atoms with Crippen LogP contribution in [0.15, 0.2) is 11.6 Å². The van der Waals surface area contributed by atoms with Gasteiger partial charge in [-0.15, -0.1) is 0 Å². The van der Waals surface area contributed by atoms with Crippen molar-refractivity contribution in [3.8, 4) is 0 Å². The number of fused-ring (bicyclic) bond motifs is 7. The van der Waals surface area contributed by atoms with E-state index < -0.39 is 77.8 Å². The Balaban J connectivity index is 1.39. The van der Waals surface area contributed by atoms with Crippen molar-refractivity contribution in [2.24, 2.45) is 50.7 Å². The van der Waals surface area contributed by atoms with Crippen LogP contribution in [0.1, 0.15) is 99.8 Å². The van der Waals surface area contributed by atoms with Crippen LogP contribution >= 0.6 is 0 Å². The standard InChI is InChI=1S/C36H58O10/c1-18-10-13-36(30(43)46-29-26(41)25(40)24(39)21(17-37)45-29)15-14-33(5)19(27(36)35(18,7)44)8-9-23-32(4)16-20(38)28(42)31(2,3)22(32)11-12-34(23,33)6/h8,18,20-29,37-42,44H,9-17H2,1-7H3/t18-,20-,21-,22+,23-,24-,25+,26-,27+,28-,29+,32+,33-,34-,35-,36+/m1/s1. The quantitative estimate of drug-likeness (QED) is 0.177. The van der Waals surface area contributed by atoms with Crippen molar-refractivity contribution >= 4 is 5.97 Å². The van der Waals surface area contributed by atoms with Crippen LogP contribution in [0.5, 0.6) is 0 Å². The lowest BCUT2D eigenvalue weighted by atomic mass is 9.33. The van der Waals surface area contributed by atoms with Gasteiger partial charge in [-0.2, -0.15) is 0 Å². The van der Waals surface area contributed by atoms with E-state index in [1.165, 1.54) is 0 Å². The first kappa shape index (κ1) is 34.7. The predicted octanol–water partition coefficient (Wildman–Crippen LogP) is 2.43. The Hall–Kier alpha value is -1.11. The van der Waals surface area contributed by atoms with Crippen molar-refractivity contribution in [1.82, 2.24) is 0 Å². The van der Waals surface area contributed by atoms with E-state index in [0.29, 0.717) is 32.1 Å². The van der Waals surface area contributed by atoms with Crippen LogP contribution in [0.3, 0.4) is 0 Å². The number of carbonyl (C=O) groups excluding carboxylic acids is 1. The number of hydrogen-bond acceptors (Lipinski definition) is 10. The molecule has 46 heavy (non-hydrogen) atoms. The third-order valence-corrected chi connectivity index (χ3v) is 15.5. The second-order valence-electron chi connectivity index (χ2n) is 17.7. The smallest absolute Gasteiger partial charge is 0.315 e. The van der Waals surface area contributed by atoms with Gasteiger partial charge in [-0.25, -0.2) is 0 Å². The summed E-state index contributed by atoms with van der Waals surface area (Å²) < 4.78 is 11.5. The maximum atomic E-state index is 14.5. The molecule has 16 atom stereocenters. The van der Waals surface area contributed by atoms with Crippen molar-refractivity contribution in [2.75, 3.05) is 6.61 Å². The number of esters is 1. The molecule has 262 valence electrons. The normalized spacial score (nSPS) is 56.4. The SMILES string of the molecule is C[C@@H]1CC[C@]2(C(=O)O[C@@H]3O[C@H](CO)[C@@H](O)[C@H](O)[C@H]3O)CC[C@]3(C)C(=CC[C@@H]4[C@@]5(C)C[C@@H](O)[C@@H](O)C(C)(C)[C@@H]5CC[C@]43C)[C@H]2[C@]1(C)O. The van der Waals surface area contributed by atoms with Crippen molar-refractivity contribution < 1.29 is 50.0 Å². The molecule has 1 saturated heterocycles. The molecule has 1 heterocycles. The van der Waals surface area contributed by atoms with Gasteiger partial charge in [0.1, 0.15) is 24.4 Å². The number of carbonyl (C=O) groups is 1. The summed E-state index contributed by atoms with van der Waals surface area (Å²) in [7, 11) is 0. The molecule has 6 rings (SSSR count). The van der Waals surface area contributed by atoms with Gasteiger partial charge in [-0.05, 0) is 97.7 Å². The van der Waals surface area contributed by atoms with Crippen molar-refractivity contribution in [2.45, 2.75) is 148 Å². The fourth-order valence-electron chi connectivity index (χ4n) is 12.4. The van der Waals surface area contributed by atoms with Crippen LogP contribution in [0.2, 0.25) is 0 Å². The maximum Gasteiger partial charge on any atom is 0.315 e. The molecular weight excluding hydrogens is 592 g/mol. The van der Waals surface area contributed by atoms with Crippen molar-refractivity contribution in [3.63, 3.8) is 0 Å². The van der Waals surface area contributed by atoms with Gasteiger partial charge in [0, 0.05) is 5.92 Å². The first-order valence-electron chi connectivity index (χ1n) is 17.5. The zero-order valence-electron chi connectivity index (χ0n) is 28.6. The minimum absolute atomic E-state index is 0.0940. The average molecular weight is 651 g/mol. The van der Waals surface area contributed by atoms with Gasteiger partial charge in [0.15, 0.2) is 0 Å². The van der Waals surface area contributed by atoms with Crippen LogP contribution in [0.25, 0.3) is 0 Å². The van der Waals surface area contributed by atoms with Gasteiger partial charge < -0.3 is 45.2 Å². The molecule has 10 nitrogen and oxygen atoms in total. The molecule has 1 aliphatic heterocycles. The fourth-order valence-corrected chi connectivity index (χ4v) is 12.4. The summed E-state index contributed by atoms with van der Waals surface area (Å²) in [5.74, 6) is -0.787. The molecule has 0 radical (unpaired) electrons. The number of aliphatic hydroxyl groups is 7. The summed E-state index contributed by atoms with van der Waals surface area (Å²) in [6.07, 6.45) is -1.65. The lowest BCUT2D eigenvalue weighted by Crippen LogP contribution is -2.69. The molecular formula is C36H58O10. The number of ether oxygens (including phenoxy) is 2. The molecule has 10 heteroatoms. The minimum Gasteiger partial charge on any atom is -0.432 e. The highest BCUT2D eigenvalue weighted by Gasteiger charge is 2.72. The zero-order valence-corrected chi connectivity index (χ0v) is 28.6. The van der Waals surface area contributed by atoms with E-state index in [1.54, 1.807) is 0 Å². The number of aliphatic hydroxyl groups excluding tert-OH is 6. The average Bonchev–Trinajstić information content (AvgIpc) is 2.98. The molecule has 5 aliphatic carbocycles. The lowest BCUT2D eigenvalue weighted by molar-refractivity contribution is -0.299. The molecule has 4 saturated carbocycles. The summed E-state index contributed by atoms with van der Waals surface area (Å²) >= 11 is 0. The van der Waals surface area contributed by atoms with Gasteiger partial charge in [0.2, 0.25) is 6.29 Å². The molecule has 0 amide bonds. The molecule has 6 aliphatic rings. The molecule has 0 aromatic heterocycles. The first-order chi connectivity index (χ1) is 21.2. The number of allylic oxidation sites excluding steroid dienone is 1. The van der Waals surface area contributed by atoms with E-state index in [1.807, 2.05) is 13.8 Å². The Labute approximate surface area is 273 Å². The van der Waals surface area contributed by atoms with Crippen LogP contribution in [-0.2, 0) is 14.3 Å². The van der Waals surface area contributed by atoms with Gasteiger partial charge in [-0.1, -0.05) is 53.2 Å². The highest BCUT2D eigenvalue weighted by molar-refractivity contribution is 5.79. The van der Waals surface area contributed by atoms with Crippen LogP contribution < -0.4 is 0 Å². The van der Waals surface area contributed by atoms with Crippen molar-refractivity contribution in [1.29, 1.82) is 0 Å². The summed E-state index contributed by atoms with van der Waals surface area (Å²) in [5.41, 5.74) is -2.44. The van der Waals surface area contributed by atoms with Crippen LogP contribution in [0.4, 0.5) is 0 Å². The van der Waals surface area contributed by atoms with Crippen LogP contribution in [0, 0.1) is 50.7 Å². The predicted molar refractivity (Wildman–Crippen MR) is 168 cm³/mol. The molecule has 0 spiro atoms. The van der Waals surface area contributed by atoms with E-state index in [0.717, 1.165) is 24.8 Å². The first-order valence-corrected chi connectivity index (χ1v) is 17.5. The molecule has 0 bridgehead atoms. The fraction of sp³-hybridized carbons (Fsp3) is 0.917. The van der Waals surface area contributed by atoms with Crippen molar-refractivity contribution in [3.05, 3.63) is 11.6 Å². The molecule has 0 aromatic carbocycles. The summed E-state index contributed by atoms with van der Waals surface area (Å²) in [4.78, 5) is 14.5. The largest absolute Gasteiger partial charge is 0.432 e. The zero-order chi connectivity index (χ0) is 34.0. The Kier molecular flexibility index (Phi) is 8.27. The monoisotopic (exact) mass is 650 g/mol. The Morgan fingerprint density at radius 3 is 2.24 bits per heavy atom. The van der Waals surface area contributed by atoms with Gasteiger partial charge >= 0.3 is 5.97 Å².